The zero-order chi connectivity index (χ0) is 15.1. The second-order valence-corrected chi connectivity index (χ2v) is 8.04. The molecule has 1 N–H and O–H groups in total. The summed E-state index contributed by atoms with van der Waals surface area (Å²) in [5.74, 6) is 3.27. The topological polar surface area (TPSA) is 49.4 Å². The Labute approximate surface area is 133 Å². The molecular weight excluding hydrogens is 276 g/mol. The summed E-state index contributed by atoms with van der Waals surface area (Å²) in [6.07, 6.45) is 10.6. The van der Waals surface area contributed by atoms with E-state index in [4.69, 9.17) is 0 Å². The van der Waals surface area contributed by atoms with Gasteiger partial charge in [0, 0.05) is 25.6 Å². The fourth-order valence-electron chi connectivity index (χ4n) is 5.56. The van der Waals surface area contributed by atoms with E-state index in [2.05, 4.69) is 10.2 Å². The number of carbonyl (C=O) groups is 2. The summed E-state index contributed by atoms with van der Waals surface area (Å²) in [6, 6.07) is 0.481. The van der Waals surface area contributed by atoms with Crippen LogP contribution in [0.15, 0.2) is 0 Å². The number of piperidine rings is 1. The zero-order valence-electron chi connectivity index (χ0n) is 13.4. The van der Waals surface area contributed by atoms with Gasteiger partial charge in [-0.25, -0.2) is 0 Å². The standard InChI is InChI=1S/C18H28N2O2/c21-17-6-5-14(11-19-17)18(22)20-7-1-2-16(20)10-15-9-12-3-4-13(15)8-12/h12-16H,1-11H2,(H,19,21)/t12-,13-,14+,15+,16-/m1/s1. The molecule has 22 heavy (non-hydrogen) atoms. The van der Waals surface area contributed by atoms with Crippen LogP contribution in [-0.4, -0.2) is 35.8 Å². The molecule has 0 aromatic rings. The van der Waals surface area contributed by atoms with E-state index in [9.17, 15) is 9.59 Å². The van der Waals surface area contributed by atoms with Crippen molar-refractivity contribution in [1.82, 2.24) is 10.2 Å². The monoisotopic (exact) mass is 304 g/mol. The third kappa shape index (κ3) is 2.65. The van der Waals surface area contributed by atoms with Crippen molar-refractivity contribution in [3.63, 3.8) is 0 Å². The summed E-state index contributed by atoms with van der Waals surface area (Å²) in [7, 11) is 0. The van der Waals surface area contributed by atoms with Gasteiger partial charge in [-0.15, -0.1) is 0 Å². The van der Waals surface area contributed by atoms with Gasteiger partial charge in [0.15, 0.2) is 0 Å². The van der Waals surface area contributed by atoms with Crippen molar-refractivity contribution < 1.29 is 9.59 Å². The van der Waals surface area contributed by atoms with Crippen LogP contribution in [-0.2, 0) is 9.59 Å². The number of amides is 2. The quantitative estimate of drug-likeness (QED) is 0.870. The molecule has 2 amide bonds. The molecule has 4 nitrogen and oxygen atoms in total. The lowest BCUT2D eigenvalue weighted by Gasteiger charge is -2.33. The molecule has 5 atom stereocenters. The first-order valence-corrected chi connectivity index (χ1v) is 9.28. The van der Waals surface area contributed by atoms with E-state index in [0.717, 1.165) is 37.1 Å². The van der Waals surface area contributed by atoms with Gasteiger partial charge in [0.25, 0.3) is 0 Å². The van der Waals surface area contributed by atoms with E-state index in [1.54, 1.807) is 0 Å². The first-order valence-electron chi connectivity index (χ1n) is 9.28. The molecule has 0 spiro atoms. The molecule has 4 aliphatic rings. The summed E-state index contributed by atoms with van der Waals surface area (Å²) in [5.41, 5.74) is 0. The first kappa shape index (κ1) is 14.5. The third-order valence-corrected chi connectivity index (χ3v) is 6.73. The molecule has 4 heteroatoms. The highest BCUT2D eigenvalue weighted by atomic mass is 16.2. The molecule has 4 rings (SSSR count). The van der Waals surface area contributed by atoms with Crippen LogP contribution in [0, 0.1) is 23.7 Å². The molecule has 122 valence electrons. The normalized spacial score (nSPS) is 41.0. The molecule has 2 bridgehead atoms. The molecule has 0 radical (unpaired) electrons. The van der Waals surface area contributed by atoms with Gasteiger partial charge in [-0.05, 0) is 62.7 Å². The Hall–Kier alpha value is -1.06. The second kappa shape index (κ2) is 5.86. The lowest BCUT2D eigenvalue weighted by atomic mass is 9.83. The maximum absolute atomic E-state index is 12.8. The van der Waals surface area contributed by atoms with Gasteiger partial charge in [0.1, 0.15) is 0 Å². The SMILES string of the molecule is O=C1CC[C@H](C(=O)N2CCC[C@@H]2C[C@@H]2C[C@@H]3CC[C@@H]2C3)CN1. The van der Waals surface area contributed by atoms with E-state index < -0.39 is 0 Å². The van der Waals surface area contributed by atoms with Crippen LogP contribution in [0.1, 0.15) is 57.8 Å². The number of nitrogens with zero attached hydrogens (tertiary/aromatic N) is 1. The predicted molar refractivity (Wildman–Crippen MR) is 84.0 cm³/mol. The average molecular weight is 304 g/mol. The molecule has 2 aliphatic carbocycles. The number of fused-ring (bicyclic) bond motifs is 2. The minimum absolute atomic E-state index is 0.0262. The zero-order valence-corrected chi connectivity index (χ0v) is 13.4. The number of hydrogen-bond acceptors (Lipinski definition) is 2. The van der Waals surface area contributed by atoms with Crippen molar-refractivity contribution >= 4 is 11.8 Å². The lowest BCUT2D eigenvalue weighted by Crippen LogP contribution is -2.46. The van der Waals surface area contributed by atoms with Gasteiger partial charge in [0.2, 0.25) is 11.8 Å². The molecule has 0 unspecified atom stereocenters. The molecule has 2 saturated carbocycles. The molecule has 2 heterocycles. The smallest absolute Gasteiger partial charge is 0.227 e. The Kier molecular flexibility index (Phi) is 3.87. The molecule has 2 saturated heterocycles. The Morgan fingerprint density at radius 2 is 2.09 bits per heavy atom. The Morgan fingerprint density at radius 3 is 2.77 bits per heavy atom. The van der Waals surface area contributed by atoms with Crippen molar-refractivity contribution in [3.05, 3.63) is 0 Å². The number of hydrogen-bond donors (Lipinski definition) is 1. The van der Waals surface area contributed by atoms with Crippen LogP contribution in [0.3, 0.4) is 0 Å². The summed E-state index contributed by atoms with van der Waals surface area (Å²) >= 11 is 0. The Morgan fingerprint density at radius 1 is 1.18 bits per heavy atom. The third-order valence-electron chi connectivity index (χ3n) is 6.73. The fourth-order valence-corrected chi connectivity index (χ4v) is 5.56. The molecule has 2 aliphatic heterocycles. The summed E-state index contributed by atoms with van der Waals surface area (Å²) < 4.78 is 0. The lowest BCUT2D eigenvalue weighted by molar-refractivity contribution is -0.138. The highest BCUT2D eigenvalue weighted by Crippen LogP contribution is 2.50. The maximum atomic E-state index is 12.8. The van der Waals surface area contributed by atoms with Crippen molar-refractivity contribution in [2.75, 3.05) is 13.1 Å². The summed E-state index contributed by atoms with van der Waals surface area (Å²) in [6.45, 7) is 1.49. The number of carbonyl (C=O) groups excluding carboxylic acids is 2. The summed E-state index contributed by atoms with van der Waals surface area (Å²) in [4.78, 5) is 26.3. The molecule has 0 aromatic heterocycles. The van der Waals surface area contributed by atoms with Gasteiger partial charge in [0.05, 0.1) is 5.92 Å². The second-order valence-electron chi connectivity index (χ2n) is 8.04. The largest absolute Gasteiger partial charge is 0.355 e. The van der Waals surface area contributed by atoms with Gasteiger partial charge in [-0.2, -0.15) is 0 Å². The van der Waals surface area contributed by atoms with Crippen LogP contribution in [0.5, 0.6) is 0 Å². The molecule has 0 aromatic carbocycles. The van der Waals surface area contributed by atoms with E-state index in [1.807, 2.05) is 0 Å². The average Bonchev–Trinajstić information content (AvgIpc) is 3.24. The minimum atomic E-state index is 0.0262. The highest BCUT2D eigenvalue weighted by molar-refractivity contribution is 5.84. The highest BCUT2D eigenvalue weighted by Gasteiger charge is 2.42. The van der Waals surface area contributed by atoms with Crippen molar-refractivity contribution in [2.45, 2.75) is 63.8 Å². The van der Waals surface area contributed by atoms with Crippen LogP contribution >= 0.6 is 0 Å². The number of rotatable bonds is 3. The van der Waals surface area contributed by atoms with E-state index in [-0.39, 0.29) is 11.8 Å². The van der Waals surface area contributed by atoms with E-state index in [0.29, 0.717) is 24.9 Å². The van der Waals surface area contributed by atoms with E-state index in [1.165, 1.54) is 38.5 Å². The minimum Gasteiger partial charge on any atom is -0.355 e. The van der Waals surface area contributed by atoms with Crippen molar-refractivity contribution in [2.24, 2.45) is 23.7 Å². The molecular formula is C18H28N2O2. The van der Waals surface area contributed by atoms with Crippen LogP contribution in [0.4, 0.5) is 0 Å². The maximum Gasteiger partial charge on any atom is 0.227 e. The van der Waals surface area contributed by atoms with Crippen molar-refractivity contribution in [3.8, 4) is 0 Å². The van der Waals surface area contributed by atoms with Gasteiger partial charge in [-0.1, -0.05) is 6.42 Å². The molecule has 4 fully saturated rings. The van der Waals surface area contributed by atoms with Gasteiger partial charge < -0.3 is 10.2 Å². The fraction of sp³-hybridized carbons (Fsp3) is 0.889. The number of nitrogens with one attached hydrogen (secondary N) is 1. The van der Waals surface area contributed by atoms with Crippen LogP contribution < -0.4 is 5.32 Å². The predicted octanol–water partition coefficient (Wildman–Crippen LogP) is 2.33. The van der Waals surface area contributed by atoms with Gasteiger partial charge in [-0.3, -0.25) is 9.59 Å². The Balaban J connectivity index is 1.36. The van der Waals surface area contributed by atoms with Crippen LogP contribution in [0.25, 0.3) is 0 Å². The Bertz CT molecular complexity index is 454. The number of likely N-dealkylation sites (tertiary alicyclic amines) is 1. The van der Waals surface area contributed by atoms with E-state index >= 15 is 0 Å². The van der Waals surface area contributed by atoms with Crippen molar-refractivity contribution in [1.29, 1.82) is 0 Å². The summed E-state index contributed by atoms with van der Waals surface area (Å²) in [5, 5.41) is 2.86. The van der Waals surface area contributed by atoms with Gasteiger partial charge >= 0.3 is 0 Å². The first-order chi connectivity index (χ1) is 10.7. The van der Waals surface area contributed by atoms with Crippen LogP contribution in [0.2, 0.25) is 0 Å².